The standard InChI is InChI=1S/C8H5Cl2N3O/c9-4-1-6(5(10)3-14)13-7(2-11)8(4)12/h1,3,5H,12H2. The highest BCUT2D eigenvalue weighted by molar-refractivity contribution is 6.33. The van der Waals surface area contributed by atoms with E-state index in [4.69, 9.17) is 34.2 Å². The van der Waals surface area contributed by atoms with Crippen molar-refractivity contribution in [3.63, 3.8) is 0 Å². The summed E-state index contributed by atoms with van der Waals surface area (Å²) in [4.78, 5) is 14.2. The molecule has 1 heterocycles. The molecule has 0 amide bonds. The van der Waals surface area contributed by atoms with E-state index in [1.807, 2.05) is 0 Å². The number of nitriles is 1. The van der Waals surface area contributed by atoms with Gasteiger partial charge in [-0.15, -0.1) is 11.6 Å². The zero-order chi connectivity index (χ0) is 10.7. The summed E-state index contributed by atoms with van der Waals surface area (Å²) in [5.74, 6) is 0. The Morgan fingerprint density at radius 1 is 1.71 bits per heavy atom. The van der Waals surface area contributed by atoms with Crippen LogP contribution in [0.3, 0.4) is 0 Å². The Kier molecular flexibility index (Phi) is 3.28. The molecule has 1 atom stereocenters. The van der Waals surface area contributed by atoms with Crippen molar-refractivity contribution in [1.82, 2.24) is 4.98 Å². The quantitative estimate of drug-likeness (QED) is 0.618. The van der Waals surface area contributed by atoms with Gasteiger partial charge in [0.25, 0.3) is 0 Å². The van der Waals surface area contributed by atoms with E-state index in [9.17, 15) is 4.79 Å². The summed E-state index contributed by atoms with van der Waals surface area (Å²) in [6, 6.07) is 3.13. The zero-order valence-electron chi connectivity index (χ0n) is 6.87. The van der Waals surface area contributed by atoms with Gasteiger partial charge in [0, 0.05) is 0 Å². The molecule has 1 aromatic heterocycles. The first kappa shape index (κ1) is 10.8. The molecule has 0 saturated heterocycles. The number of halogens is 2. The molecule has 1 unspecified atom stereocenters. The van der Waals surface area contributed by atoms with Gasteiger partial charge in [0.1, 0.15) is 17.7 Å². The number of pyridine rings is 1. The lowest BCUT2D eigenvalue weighted by Gasteiger charge is -2.05. The lowest BCUT2D eigenvalue weighted by Crippen LogP contribution is -2.02. The number of nitrogen functional groups attached to an aromatic ring is 1. The van der Waals surface area contributed by atoms with Gasteiger partial charge in [-0.25, -0.2) is 4.98 Å². The fourth-order valence-corrected chi connectivity index (χ4v) is 1.15. The van der Waals surface area contributed by atoms with E-state index < -0.39 is 5.38 Å². The molecular formula is C8H5Cl2N3O. The van der Waals surface area contributed by atoms with Crippen molar-refractivity contribution in [2.24, 2.45) is 0 Å². The van der Waals surface area contributed by atoms with E-state index in [1.54, 1.807) is 6.07 Å². The van der Waals surface area contributed by atoms with Crippen LogP contribution in [-0.4, -0.2) is 11.3 Å². The third-order valence-corrected chi connectivity index (χ3v) is 2.18. The molecule has 2 N–H and O–H groups in total. The smallest absolute Gasteiger partial charge is 0.165 e. The van der Waals surface area contributed by atoms with Crippen molar-refractivity contribution in [2.75, 3.05) is 5.73 Å². The van der Waals surface area contributed by atoms with Gasteiger partial charge in [-0.3, -0.25) is 0 Å². The number of aldehydes is 1. The van der Waals surface area contributed by atoms with Gasteiger partial charge in [-0.1, -0.05) is 11.6 Å². The molecule has 1 aromatic rings. The molecule has 6 heteroatoms. The summed E-state index contributed by atoms with van der Waals surface area (Å²) in [6.45, 7) is 0. The van der Waals surface area contributed by atoms with E-state index >= 15 is 0 Å². The van der Waals surface area contributed by atoms with Gasteiger partial charge in [-0.2, -0.15) is 5.26 Å². The summed E-state index contributed by atoms with van der Waals surface area (Å²) in [5.41, 5.74) is 5.74. The fourth-order valence-electron chi connectivity index (χ4n) is 0.839. The van der Waals surface area contributed by atoms with Crippen LogP contribution in [-0.2, 0) is 4.79 Å². The van der Waals surface area contributed by atoms with Crippen LogP contribution in [0.4, 0.5) is 5.69 Å². The highest BCUT2D eigenvalue weighted by Crippen LogP contribution is 2.26. The molecule has 0 aromatic carbocycles. The zero-order valence-corrected chi connectivity index (χ0v) is 8.38. The third kappa shape index (κ3) is 1.95. The minimum atomic E-state index is -0.916. The Bertz CT molecular complexity index is 414. The van der Waals surface area contributed by atoms with Crippen LogP contribution >= 0.6 is 23.2 Å². The molecule has 0 aliphatic carbocycles. The molecule has 0 aliphatic heterocycles. The lowest BCUT2D eigenvalue weighted by atomic mass is 10.2. The lowest BCUT2D eigenvalue weighted by molar-refractivity contribution is -0.107. The van der Waals surface area contributed by atoms with Gasteiger partial charge < -0.3 is 10.5 Å². The second kappa shape index (κ2) is 4.27. The number of carbonyl (C=O) groups is 1. The van der Waals surface area contributed by atoms with E-state index in [2.05, 4.69) is 4.98 Å². The first-order chi connectivity index (χ1) is 6.60. The normalized spacial score (nSPS) is 11.8. The minimum Gasteiger partial charge on any atom is -0.395 e. The van der Waals surface area contributed by atoms with Gasteiger partial charge >= 0.3 is 0 Å². The summed E-state index contributed by atoms with van der Waals surface area (Å²) in [7, 11) is 0. The van der Waals surface area contributed by atoms with Crippen LogP contribution in [0.1, 0.15) is 16.8 Å². The van der Waals surface area contributed by atoms with Gasteiger partial charge in [0.05, 0.1) is 16.4 Å². The fraction of sp³-hybridized carbons (Fsp3) is 0.125. The highest BCUT2D eigenvalue weighted by Gasteiger charge is 2.13. The summed E-state index contributed by atoms with van der Waals surface area (Å²) < 4.78 is 0. The molecule has 0 bridgehead atoms. The molecule has 1 rings (SSSR count). The second-order valence-corrected chi connectivity index (χ2v) is 3.32. The Labute approximate surface area is 90.2 Å². The topological polar surface area (TPSA) is 79.8 Å². The number of carbonyl (C=O) groups excluding carboxylic acids is 1. The molecule has 0 spiro atoms. The van der Waals surface area contributed by atoms with E-state index in [0.717, 1.165) is 0 Å². The number of nitrogens with zero attached hydrogens (tertiary/aromatic N) is 2. The van der Waals surface area contributed by atoms with Gasteiger partial charge in [-0.05, 0) is 6.07 Å². The van der Waals surface area contributed by atoms with Crippen molar-refractivity contribution in [3.05, 3.63) is 22.5 Å². The van der Waals surface area contributed by atoms with Crippen molar-refractivity contribution >= 4 is 35.2 Å². The summed E-state index contributed by atoms with van der Waals surface area (Å²) in [5, 5.41) is 7.89. The van der Waals surface area contributed by atoms with Crippen molar-refractivity contribution in [1.29, 1.82) is 5.26 Å². The Balaban J connectivity index is 3.31. The molecule has 4 nitrogen and oxygen atoms in total. The van der Waals surface area contributed by atoms with Crippen LogP contribution in [0, 0.1) is 11.3 Å². The molecule has 0 saturated carbocycles. The van der Waals surface area contributed by atoms with E-state index in [-0.39, 0.29) is 22.1 Å². The maximum atomic E-state index is 10.4. The molecular weight excluding hydrogens is 225 g/mol. The predicted molar refractivity (Wildman–Crippen MR) is 53.0 cm³/mol. The molecule has 0 fully saturated rings. The molecule has 0 radical (unpaired) electrons. The number of alkyl halides is 1. The maximum absolute atomic E-state index is 10.4. The van der Waals surface area contributed by atoms with Crippen LogP contribution < -0.4 is 5.73 Å². The predicted octanol–water partition coefficient (Wildman–Crippen LogP) is 1.67. The van der Waals surface area contributed by atoms with Gasteiger partial charge in [0.2, 0.25) is 0 Å². The van der Waals surface area contributed by atoms with Crippen molar-refractivity contribution < 1.29 is 4.79 Å². The summed E-state index contributed by atoms with van der Waals surface area (Å²) in [6.07, 6.45) is 0.498. The second-order valence-electron chi connectivity index (χ2n) is 2.44. The molecule has 14 heavy (non-hydrogen) atoms. The van der Waals surface area contributed by atoms with Crippen molar-refractivity contribution in [3.8, 4) is 6.07 Å². The average Bonchev–Trinajstić information content (AvgIpc) is 2.20. The Hall–Kier alpha value is -1.31. The van der Waals surface area contributed by atoms with Crippen LogP contribution in [0.2, 0.25) is 5.02 Å². The average molecular weight is 230 g/mol. The number of hydrogen-bond donors (Lipinski definition) is 1. The van der Waals surface area contributed by atoms with Crippen LogP contribution in [0.15, 0.2) is 6.07 Å². The summed E-state index contributed by atoms with van der Waals surface area (Å²) >= 11 is 11.3. The minimum absolute atomic E-state index is 0.0278. The molecule has 0 aliphatic rings. The maximum Gasteiger partial charge on any atom is 0.165 e. The number of hydrogen-bond acceptors (Lipinski definition) is 4. The number of anilines is 1. The first-order valence-corrected chi connectivity index (χ1v) is 4.37. The first-order valence-electron chi connectivity index (χ1n) is 3.55. The largest absolute Gasteiger partial charge is 0.395 e. The Morgan fingerprint density at radius 3 is 2.86 bits per heavy atom. The number of nitrogens with two attached hydrogens (primary N) is 1. The van der Waals surface area contributed by atoms with Crippen molar-refractivity contribution in [2.45, 2.75) is 5.38 Å². The monoisotopic (exact) mass is 229 g/mol. The highest BCUT2D eigenvalue weighted by atomic mass is 35.5. The SMILES string of the molecule is N#Cc1nc(C(Cl)C=O)cc(Cl)c1N. The van der Waals surface area contributed by atoms with Crippen LogP contribution in [0.25, 0.3) is 0 Å². The Morgan fingerprint density at radius 2 is 2.36 bits per heavy atom. The molecule has 72 valence electrons. The van der Waals surface area contributed by atoms with Crippen LogP contribution in [0.5, 0.6) is 0 Å². The number of aromatic nitrogens is 1. The van der Waals surface area contributed by atoms with E-state index in [1.165, 1.54) is 6.07 Å². The number of rotatable bonds is 2. The van der Waals surface area contributed by atoms with Gasteiger partial charge in [0.15, 0.2) is 5.69 Å². The third-order valence-electron chi connectivity index (χ3n) is 1.54. The van der Waals surface area contributed by atoms with E-state index in [0.29, 0.717) is 6.29 Å².